The Morgan fingerprint density at radius 1 is 1.45 bits per heavy atom. The van der Waals surface area contributed by atoms with Crippen LogP contribution in [0.1, 0.15) is 38.7 Å². The van der Waals surface area contributed by atoms with E-state index in [0.717, 1.165) is 24.8 Å². The van der Waals surface area contributed by atoms with Gasteiger partial charge >= 0.3 is 5.97 Å². The predicted molar refractivity (Wildman–Crippen MR) is 77.1 cm³/mol. The van der Waals surface area contributed by atoms with Gasteiger partial charge in [0.15, 0.2) is 0 Å². The molecule has 0 saturated heterocycles. The smallest absolute Gasteiger partial charge is 0.331 e. The Morgan fingerprint density at radius 3 is 2.70 bits per heavy atom. The maximum absolute atomic E-state index is 13.5. The fourth-order valence-corrected chi connectivity index (χ4v) is 2.50. The van der Waals surface area contributed by atoms with E-state index in [1.807, 2.05) is 19.9 Å². The lowest BCUT2D eigenvalue weighted by Gasteiger charge is -2.30. The third-order valence-corrected chi connectivity index (χ3v) is 3.58. The van der Waals surface area contributed by atoms with Crippen molar-refractivity contribution in [3.05, 3.63) is 29.6 Å². The fraction of sp³-hybridized carbons (Fsp3) is 0.562. The van der Waals surface area contributed by atoms with Crippen molar-refractivity contribution < 1.29 is 13.9 Å². The van der Waals surface area contributed by atoms with Crippen LogP contribution >= 0.6 is 0 Å². The van der Waals surface area contributed by atoms with Crippen molar-refractivity contribution in [1.29, 1.82) is 0 Å². The van der Waals surface area contributed by atoms with Crippen LogP contribution in [-0.4, -0.2) is 18.1 Å². The van der Waals surface area contributed by atoms with Gasteiger partial charge in [-0.25, -0.2) is 9.18 Å². The van der Waals surface area contributed by atoms with E-state index in [4.69, 9.17) is 4.74 Å². The summed E-state index contributed by atoms with van der Waals surface area (Å²) in [5.41, 5.74) is 0.654. The second kappa shape index (κ2) is 5.81. The molecule has 3 nitrogen and oxygen atoms in total. The first-order chi connectivity index (χ1) is 9.43. The van der Waals surface area contributed by atoms with Crippen molar-refractivity contribution in [2.24, 2.45) is 5.92 Å². The zero-order valence-electron chi connectivity index (χ0n) is 12.3. The van der Waals surface area contributed by atoms with E-state index in [2.05, 4.69) is 5.32 Å². The van der Waals surface area contributed by atoms with Crippen LogP contribution in [0.15, 0.2) is 18.2 Å². The molecule has 1 saturated carbocycles. The monoisotopic (exact) mass is 279 g/mol. The summed E-state index contributed by atoms with van der Waals surface area (Å²) < 4.78 is 18.6. The van der Waals surface area contributed by atoms with Crippen molar-refractivity contribution in [1.82, 2.24) is 0 Å². The zero-order chi connectivity index (χ0) is 14.8. The number of ether oxygens (including phenoxy) is 1. The molecule has 0 radical (unpaired) electrons. The van der Waals surface area contributed by atoms with Gasteiger partial charge in [0.2, 0.25) is 0 Å². The molecule has 0 heterocycles. The number of benzene rings is 1. The molecule has 20 heavy (non-hydrogen) atoms. The summed E-state index contributed by atoms with van der Waals surface area (Å²) in [7, 11) is 0. The van der Waals surface area contributed by atoms with Gasteiger partial charge in [-0.1, -0.05) is 12.8 Å². The number of nitrogens with one attached hydrogen (secondary N) is 1. The van der Waals surface area contributed by atoms with Crippen molar-refractivity contribution in [2.75, 3.05) is 11.9 Å². The normalized spacial score (nSPS) is 17.4. The Labute approximate surface area is 119 Å². The molecule has 0 aliphatic heterocycles. The van der Waals surface area contributed by atoms with Crippen LogP contribution < -0.4 is 5.32 Å². The predicted octanol–water partition coefficient (Wildman–Crippen LogP) is 3.67. The number of anilines is 1. The van der Waals surface area contributed by atoms with Gasteiger partial charge in [-0.3, -0.25) is 0 Å². The first kappa shape index (κ1) is 14.8. The topological polar surface area (TPSA) is 38.3 Å². The number of hydrogen-bond acceptors (Lipinski definition) is 3. The molecule has 0 bridgehead atoms. The Morgan fingerprint density at radius 2 is 2.15 bits per heavy atom. The third-order valence-electron chi connectivity index (χ3n) is 3.58. The van der Waals surface area contributed by atoms with Gasteiger partial charge in [0.05, 0.1) is 6.61 Å². The maximum Gasteiger partial charge on any atom is 0.331 e. The molecule has 1 fully saturated rings. The van der Waals surface area contributed by atoms with E-state index in [1.165, 1.54) is 12.1 Å². The second-order valence-electron chi connectivity index (χ2n) is 5.84. The summed E-state index contributed by atoms with van der Waals surface area (Å²) >= 11 is 0. The summed E-state index contributed by atoms with van der Waals surface area (Å²) in [5.74, 6) is -0.00879. The molecular formula is C16H22FNO2. The average molecular weight is 279 g/mol. The zero-order valence-corrected chi connectivity index (χ0v) is 12.3. The van der Waals surface area contributed by atoms with E-state index in [0.29, 0.717) is 18.2 Å². The summed E-state index contributed by atoms with van der Waals surface area (Å²) in [6.07, 6.45) is 3.03. The van der Waals surface area contributed by atoms with Gasteiger partial charge in [-0.2, -0.15) is 0 Å². The molecule has 1 aliphatic rings. The van der Waals surface area contributed by atoms with Gasteiger partial charge in [0.25, 0.3) is 0 Å². The first-order valence-corrected chi connectivity index (χ1v) is 7.15. The minimum Gasteiger partial charge on any atom is -0.464 e. The van der Waals surface area contributed by atoms with Crippen LogP contribution in [0.25, 0.3) is 0 Å². The lowest BCUT2D eigenvalue weighted by molar-refractivity contribution is -0.148. The molecule has 1 N–H and O–H groups in total. The first-order valence-electron chi connectivity index (χ1n) is 7.15. The lowest BCUT2D eigenvalue weighted by atomic mass is 9.94. The van der Waals surface area contributed by atoms with Gasteiger partial charge in [0.1, 0.15) is 11.4 Å². The molecule has 0 amide bonds. The number of aryl methyl sites for hydroxylation is 1. The molecule has 4 heteroatoms. The van der Waals surface area contributed by atoms with E-state index in [9.17, 15) is 9.18 Å². The SMILES string of the molecule is CCOC(=O)C(C)(CC1CC1)Nc1cc(C)cc(F)c1. The summed E-state index contributed by atoms with van der Waals surface area (Å²) in [5, 5.41) is 3.18. The van der Waals surface area contributed by atoms with E-state index in [-0.39, 0.29) is 11.8 Å². The highest BCUT2D eigenvalue weighted by atomic mass is 19.1. The lowest BCUT2D eigenvalue weighted by Crippen LogP contribution is -2.45. The average Bonchev–Trinajstić information content (AvgIpc) is 3.11. The quantitative estimate of drug-likeness (QED) is 0.807. The van der Waals surface area contributed by atoms with Gasteiger partial charge in [0, 0.05) is 5.69 Å². The van der Waals surface area contributed by atoms with Crippen molar-refractivity contribution >= 4 is 11.7 Å². The van der Waals surface area contributed by atoms with Crippen molar-refractivity contribution in [3.8, 4) is 0 Å². The number of halogens is 1. The summed E-state index contributed by atoms with van der Waals surface area (Å²) in [4.78, 5) is 12.2. The maximum atomic E-state index is 13.5. The molecule has 1 aromatic carbocycles. The van der Waals surface area contributed by atoms with E-state index >= 15 is 0 Å². The van der Waals surface area contributed by atoms with Gasteiger partial charge in [-0.15, -0.1) is 0 Å². The van der Waals surface area contributed by atoms with Crippen LogP contribution in [0.5, 0.6) is 0 Å². The summed E-state index contributed by atoms with van der Waals surface area (Å²) in [6, 6.07) is 4.72. The molecule has 0 aromatic heterocycles. The van der Waals surface area contributed by atoms with Crippen LogP contribution in [0, 0.1) is 18.7 Å². The molecule has 1 unspecified atom stereocenters. The number of carbonyl (C=O) groups excluding carboxylic acids is 1. The van der Waals surface area contributed by atoms with Crippen molar-refractivity contribution in [2.45, 2.75) is 45.6 Å². The standard InChI is InChI=1S/C16H22FNO2/c1-4-20-15(19)16(3,10-12-5-6-12)18-14-8-11(2)7-13(17)9-14/h7-9,12,18H,4-6,10H2,1-3H3. The third kappa shape index (κ3) is 3.71. The van der Waals surface area contributed by atoms with Crippen LogP contribution in [0.4, 0.5) is 10.1 Å². The molecule has 110 valence electrons. The van der Waals surface area contributed by atoms with Gasteiger partial charge in [-0.05, 0) is 56.9 Å². The Bertz CT molecular complexity index is 479. The number of carbonyl (C=O) groups is 1. The van der Waals surface area contributed by atoms with Crippen LogP contribution in [0.2, 0.25) is 0 Å². The highest BCUT2D eigenvalue weighted by molar-refractivity contribution is 5.84. The van der Waals surface area contributed by atoms with Crippen LogP contribution in [-0.2, 0) is 9.53 Å². The fourth-order valence-electron chi connectivity index (χ4n) is 2.50. The number of esters is 1. The molecule has 1 atom stereocenters. The minimum atomic E-state index is -0.794. The second-order valence-corrected chi connectivity index (χ2v) is 5.84. The van der Waals surface area contributed by atoms with Crippen LogP contribution in [0.3, 0.4) is 0 Å². The molecule has 0 spiro atoms. The Balaban J connectivity index is 2.19. The largest absolute Gasteiger partial charge is 0.464 e. The Kier molecular flexibility index (Phi) is 4.31. The number of rotatable bonds is 6. The molecule has 1 aliphatic carbocycles. The van der Waals surface area contributed by atoms with Gasteiger partial charge < -0.3 is 10.1 Å². The number of hydrogen-bond donors (Lipinski definition) is 1. The summed E-state index contributed by atoms with van der Waals surface area (Å²) in [6.45, 7) is 5.81. The van der Waals surface area contributed by atoms with E-state index in [1.54, 1.807) is 6.92 Å². The Hall–Kier alpha value is -1.58. The molecule has 1 aromatic rings. The van der Waals surface area contributed by atoms with Crippen molar-refractivity contribution in [3.63, 3.8) is 0 Å². The minimum absolute atomic E-state index is 0.270. The molecule has 2 rings (SSSR count). The molecular weight excluding hydrogens is 257 g/mol. The van der Waals surface area contributed by atoms with E-state index < -0.39 is 5.54 Å². The highest BCUT2D eigenvalue weighted by Gasteiger charge is 2.40. The highest BCUT2D eigenvalue weighted by Crippen LogP contribution is 2.38.